The Balaban J connectivity index is 0.00000112. The van der Waals surface area contributed by atoms with E-state index in [0.29, 0.717) is 12.1 Å². The molecule has 2 heterocycles. The number of hydrogen-bond acceptors (Lipinski definition) is 3. The van der Waals surface area contributed by atoms with Crippen molar-refractivity contribution in [1.29, 1.82) is 0 Å². The van der Waals surface area contributed by atoms with Crippen LogP contribution in [0.3, 0.4) is 0 Å². The lowest BCUT2D eigenvalue weighted by Gasteiger charge is -2.41. The Labute approximate surface area is 97.2 Å². The fourth-order valence-corrected chi connectivity index (χ4v) is 2.03. The number of hydrogen-bond donors (Lipinski definition) is 2. The third-order valence-electron chi connectivity index (χ3n) is 3.17. The highest BCUT2D eigenvalue weighted by atomic mass is 35.5. The molecule has 0 aromatic heterocycles. The Kier molecular flexibility index (Phi) is 4.37. The van der Waals surface area contributed by atoms with Crippen LogP contribution in [0.5, 0.6) is 0 Å². The first-order chi connectivity index (χ1) is 6.68. The predicted octanol–water partition coefficient (Wildman–Crippen LogP) is -0.0211. The highest BCUT2D eigenvalue weighted by molar-refractivity contribution is 5.85. The Morgan fingerprint density at radius 3 is 2.53 bits per heavy atom. The van der Waals surface area contributed by atoms with Gasteiger partial charge in [-0.25, -0.2) is 0 Å². The summed E-state index contributed by atoms with van der Waals surface area (Å²) >= 11 is 0. The molecule has 2 N–H and O–H groups in total. The van der Waals surface area contributed by atoms with Gasteiger partial charge in [0.15, 0.2) is 0 Å². The second kappa shape index (κ2) is 5.14. The summed E-state index contributed by atoms with van der Waals surface area (Å²) in [7, 11) is 0. The third kappa shape index (κ3) is 2.62. The maximum atomic E-state index is 12.0. The maximum Gasteiger partial charge on any atom is 0.240 e. The van der Waals surface area contributed by atoms with Gasteiger partial charge in [0.25, 0.3) is 0 Å². The normalized spacial score (nSPS) is 35.3. The molecule has 2 fully saturated rings. The van der Waals surface area contributed by atoms with Crippen molar-refractivity contribution in [2.45, 2.75) is 38.4 Å². The van der Waals surface area contributed by atoms with Crippen molar-refractivity contribution in [3.8, 4) is 0 Å². The lowest BCUT2D eigenvalue weighted by molar-refractivity contribution is -0.138. The zero-order valence-corrected chi connectivity index (χ0v) is 10.1. The molecule has 0 aliphatic carbocycles. The van der Waals surface area contributed by atoms with E-state index in [1.165, 1.54) is 0 Å². The van der Waals surface area contributed by atoms with E-state index in [4.69, 9.17) is 0 Å². The first-order valence-electron chi connectivity index (χ1n) is 5.45. The van der Waals surface area contributed by atoms with Gasteiger partial charge in [-0.1, -0.05) is 0 Å². The first kappa shape index (κ1) is 12.7. The van der Waals surface area contributed by atoms with Gasteiger partial charge in [-0.3, -0.25) is 4.79 Å². The number of nitrogens with one attached hydrogen (secondary N) is 2. The predicted molar refractivity (Wildman–Crippen MR) is 62.3 cm³/mol. The number of carbonyl (C=O) groups excluding carboxylic acids is 1. The zero-order valence-electron chi connectivity index (χ0n) is 9.32. The van der Waals surface area contributed by atoms with Crippen LogP contribution in [0, 0.1) is 0 Å². The molecule has 0 spiro atoms. The number of amides is 1. The van der Waals surface area contributed by atoms with Gasteiger partial charge in [-0.05, 0) is 26.8 Å². The van der Waals surface area contributed by atoms with Crippen LogP contribution in [0.2, 0.25) is 0 Å². The fraction of sp³-hybridized carbons (Fsp3) is 0.900. The Morgan fingerprint density at radius 2 is 2.00 bits per heavy atom. The molecule has 2 rings (SSSR count). The molecule has 2 aliphatic rings. The van der Waals surface area contributed by atoms with Crippen molar-refractivity contribution in [2.75, 3.05) is 19.6 Å². The molecule has 0 bridgehead atoms. The second-order valence-corrected chi connectivity index (χ2v) is 4.44. The molecule has 3 atom stereocenters. The fourth-order valence-electron chi connectivity index (χ4n) is 2.03. The molecule has 0 aromatic rings. The lowest BCUT2D eigenvalue weighted by Crippen LogP contribution is -2.62. The van der Waals surface area contributed by atoms with Gasteiger partial charge in [0.05, 0.1) is 6.04 Å². The van der Waals surface area contributed by atoms with E-state index in [0.717, 1.165) is 26.1 Å². The summed E-state index contributed by atoms with van der Waals surface area (Å²) in [5.74, 6) is 0.289. The summed E-state index contributed by atoms with van der Waals surface area (Å²) in [6.07, 6.45) is 1.00. The van der Waals surface area contributed by atoms with Gasteiger partial charge in [0, 0.05) is 25.2 Å². The average molecular weight is 234 g/mol. The third-order valence-corrected chi connectivity index (χ3v) is 3.17. The highest BCUT2D eigenvalue weighted by Gasteiger charge is 2.33. The highest BCUT2D eigenvalue weighted by Crippen LogP contribution is 2.12. The van der Waals surface area contributed by atoms with Gasteiger partial charge in [0.1, 0.15) is 0 Å². The van der Waals surface area contributed by atoms with Crippen LogP contribution in [0.15, 0.2) is 0 Å². The Morgan fingerprint density at radius 1 is 1.33 bits per heavy atom. The van der Waals surface area contributed by atoms with Crippen LogP contribution < -0.4 is 10.6 Å². The van der Waals surface area contributed by atoms with Gasteiger partial charge in [-0.2, -0.15) is 0 Å². The maximum absolute atomic E-state index is 12.0. The standard InChI is InChI=1S/C10H19N3O.ClH/c1-7-6-13(8(2)5-12-7)10(14)9-3-4-11-9;/h7-9,11-12H,3-6H2,1-2H3;1H/t7?,8?,9-;/m1./s1. The number of halogens is 1. The zero-order chi connectivity index (χ0) is 10.1. The van der Waals surface area contributed by atoms with Crippen LogP contribution in [0.1, 0.15) is 20.3 Å². The van der Waals surface area contributed by atoms with Gasteiger partial charge < -0.3 is 15.5 Å². The Bertz CT molecular complexity index is 233. The molecule has 4 nitrogen and oxygen atoms in total. The molecule has 88 valence electrons. The molecule has 2 unspecified atom stereocenters. The molecular weight excluding hydrogens is 214 g/mol. The summed E-state index contributed by atoms with van der Waals surface area (Å²) in [5, 5.41) is 6.54. The minimum atomic E-state index is 0. The molecule has 5 heteroatoms. The molecule has 0 aromatic carbocycles. The van der Waals surface area contributed by atoms with Crippen LogP contribution in [0.4, 0.5) is 0 Å². The lowest BCUT2D eigenvalue weighted by atomic mass is 10.0. The molecule has 2 saturated heterocycles. The van der Waals surface area contributed by atoms with E-state index in [1.54, 1.807) is 0 Å². The van der Waals surface area contributed by atoms with E-state index in [9.17, 15) is 4.79 Å². The molecule has 0 saturated carbocycles. The quantitative estimate of drug-likeness (QED) is 0.669. The second-order valence-electron chi connectivity index (χ2n) is 4.44. The van der Waals surface area contributed by atoms with Crippen molar-refractivity contribution in [3.63, 3.8) is 0 Å². The number of nitrogens with zero attached hydrogens (tertiary/aromatic N) is 1. The summed E-state index contributed by atoms with van der Waals surface area (Å²) in [4.78, 5) is 14.0. The minimum Gasteiger partial charge on any atom is -0.336 e. The van der Waals surface area contributed by atoms with Crippen LogP contribution in [-0.4, -0.2) is 48.6 Å². The van der Waals surface area contributed by atoms with Crippen molar-refractivity contribution < 1.29 is 4.79 Å². The molecule has 2 aliphatic heterocycles. The average Bonchev–Trinajstić information content (AvgIpc) is 2.06. The van der Waals surface area contributed by atoms with Gasteiger partial charge in [-0.15, -0.1) is 12.4 Å². The van der Waals surface area contributed by atoms with E-state index < -0.39 is 0 Å². The van der Waals surface area contributed by atoms with Crippen LogP contribution in [-0.2, 0) is 4.79 Å². The number of piperazine rings is 1. The minimum absolute atomic E-state index is 0. The van der Waals surface area contributed by atoms with Crippen molar-refractivity contribution in [3.05, 3.63) is 0 Å². The smallest absolute Gasteiger partial charge is 0.240 e. The topological polar surface area (TPSA) is 44.4 Å². The number of carbonyl (C=O) groups is 1. The van der Waals surface area contributed by atoms with Crippen LogP contribution >= 0.6 is 12.4 Å². The molecule has 0 radical (unpaired) electrons. The largest absolute Gasteiger partial charge is 0.336 e. The molecule has 1 amide bonds. The van der Waals surface area contributed by atoms with Crippen molar-refractivity contribution in [1.82, 2.24) is 15.5 Å². The van der Waals surface area contributed by atoms with Crippen molar-refractivity contribution in [2.24, 2.45) is 0 Å². The van der Waals surface area contributed by atoms with Crippen molar-refractivity contribution >= 4 is 18.3 Å². The SMILES string of the molecule is CC1CN(C(=O)[C@H]2CCN2)C(C)CN1.Cl. The summed E-state index contributed by atoms with van der Waals surface area (Å²) in [5.41, 5.74) is 0. The van der Waals surface area contributed by atoms with E-state index in [1.807, 2.05) is 4.90 Å². The first-order valence-corrected chi connectivity index (χ1v) is 5.45. The van der Waals surface area contributed by atoms with E-state index in [-0.39, 0.29) is 24.4 Å². The molecule has 15 heavy (non-hydrogen) atoms. The van der Waals surface area contributed by atoms with Crippen LogP contribution in [0.25, 0.3) is 0 Å². The number of rotatable bonds is 1. The summed E-state index contributed by atoms with van der Waals surface area (Å²) in [6.45, 7) is 6.99. The summed E-state index contributed by atoms with van der Waals surface area (Å²) in [6, 6.07) is 0.860. The summed E-state index contributed by atoms with van der Waals surface area (Å²) < 4.78 is 0. The monoisotopic (exact) mass is 233 g/mol. The van der Waals surface area contributed by atoms with E-state index >= 15 is 0 Å². The van der Waals surface area contributed by atoms with Gasteiger partial charge in [0.2, 0.25) is 5.91 Å². The van der Waals surface area contributed by atoms with Gasteiger partial charge >= 0.3 is 0 Å². The van der Waals surface area contributed by atoms with E-state index in [2.05, 4.69) is 24.5 Å². The molecular formula is C10H20ClN3O. The Hall–Kier alpha value is -0.320.